The Kier molecular flexibility index (Phi) is 2.39. The Balaban J connectivity index is 1.86. The molecular formula is C17H16O4. The van der Waals surface area contributed by atoms with Gasteiger partial charge in [0.1, 0.15) is 5.75 Å². The van der Waals surface area contributed by atoms with E-state index in [-0.39, 0.29) is 35.1 Å². The van der Waals surface area contributed by atoms with E-state index in [1.807, 2.05) is 31.2 Å². The van der Waals surface area contributed by atoms with Crippen molar-refractivity contribution in [3.63, 3.8) is 0 Å². The molecule has 0 spiro atoms. The minimum atomic E-state index is -0.707. The maximum absolute atomic E-state index is 12.8. The number of rotatable bonds is 1. The highest BCUT2D eigenvalue weighted by atomic mass is 16.5. The van der Waals surface area contributed by atoms with Crippen LogP contribution in [-0.4, -0.2) is 25.3 Å². The van der Waals surface area contributed by atoms with E-state index in [0.29, 0.717) is 6.61 Å². The number of Topliss-reactive ketones (excluding diaryl/α,β-unsaturated/α-hetero) is 1. The molecule has 4 nitrogen and oxygen atoms in total. The Labute approximate surface area is 122 Å². The van der Waals surface area contributed by atoms with Gasteiger partial charge in [-0.05, 0) is 11.6 Å². The van der Waals surface area contributed by atoms with Crippen molar-refractivity contribution in [1.29, 1.82) is 0 Å². The number of carbonyl (C=O) groups excluding carboxylic acids is 2. The van der Waals surface area contributed by atoms with E-state index in [1.54, 1.807) is 0 Å². The van der Waals surface area contributed by atoms with Crippen LogP contribution in [0.15, 0.2) is 36.1 Å². The number of para-hydroxylation sites is 1. The molecule has 1 aliphatic heterocycles. The number of ether oxygens (including phenoxy) is 2. The fraction of sp³-hybridized carbons (Fsp3) is 0.412. The molecule has 0 aromatic heterocycles. The van der Waals surface area contributed by atoms with Gasteiger partial charge >= 0.3 is 0 Å². The lowest BCUT2D eigenvalue weighted by Gasteiger charge is -2.60. The van der Waals surface area contributed by atoms with Gasteiger partial charge in [-0.15, -0.1) is 0 Å². The van der Waals surface area contributed by atoms with Gasteiger partial charge in [0.15, 0.2) is 11.5 Å². The first-order valence-corrected chi connectivity index (χ1v) is 7.15. The molecule has 0 bridgehead atoms. The molecule has 3 unspecified atom stereocenters. The van der Waals surface area contributed by atoms with Gasteiger partial charge in [-0.3, -0.25) is 9.59 Å². The second kappa shape index (κ2) is 3.97. The minimum Gasteiger partial charge on any atom is -0.493 e. The molecule has 4 rings (SSSR count). The molecule has 0 saturated heterocycles. The summed E-state index contributed by atoms with van der Waals surface area (Å²) < 4.78 is 10.9. The van der Waals surface area contributed by atoms with Crippen LogP contribution in [0.4, 0.5) is 0 Å². The summed E-state index contributed by atoms with van der Waals surface area (Å²) in [6.45, 7) is 2.39. The summed E-state index contributed by atoms with van der Waals surface area (Å²) in [6.07, 6.45) is 1.35. The molecule has 1 fully saturated rings. The third-order valence-electron chi connectivity index (χ3n) is 5.35. The average Bonchev–Trinajstić information content (AvgIpc) is 2.48. The summed E-state index contributed by atoms with van der Waals surface area (Å²) in [5.74, 6) is 0.750. The van der Waals surface area contributed by atoms with E-state index < -0.39 is 5.41 Å². The summed E-state index contributed by atoms with van der Waals surface area (Å²) in [4.78, 5) is 25.1. The number of carbonyl (C=O) groups is 2. The predicted molar refractivity (Wildman–Crippen MR) is 74.9 cm³/mol. The van der Waals surface area contributed by atoms with Crippen molar-refractivity contribution >= 4 is 11.6 Å². The van der Waals surface area contributed by atoms with Gasteiger partial charge < -0.3 is 9.47 Å². The zero-order valence-electron chi connectivity index (χ0n) is 12.0. The molecule has 3 aliphatic rings. The number of hydrogen-bond donors (Lipinski definition) is 0. The van der Waals surface area contributed by atoms with E-state index in [0.717, 1.165) is 11.3 Å². The standard InChI is InChI=1S/C17H16O4/c1-17-14-9-5-3-4-6-12(9)21-8-10(14)15(17)11(18)7-13(20-2)16(17)19/h3-7,10,14-15H,8H2,1-2H3/t10?,14?,15?,17-/m1/s1. The summed E-state index contributed by atoms with van der Waals surface area (Å²) >= 11 is 0. The molecule has 108 valence electrons. The zero-order valence-corrected chi connectivity index (χ0v) is 12.0. The highest BCUT2D eigenvalue weighted by molar-refractivity contribution is 6.13. The molecule has 1 aromatic carbocycles. The predicted octanol–water partition coefficient (Wildman–Crippen LogP) is 2.10. The molecule has 4 atom stereocenters. The Morgan fingerprint density at radius 2 is 2.00 bits per heavy atom. The molecule has 4 heteroatoms. The Hall–Kier alpha value is -2.10. The fourth-order valence-corrected chi connectivity index (χ4v) is 4.45. The van der Waals surface area contributed by atoms with Crippen molar-refractivity contribution in [2.75, 3.05) is 13.7 Å². The quantitative estimate of drug-likeness (QED) is 0.792. The lowest BCUT2D eigenvalue weighted by molar-refractivity contribution is -0.165. The Morgan fingerprint density at radius 3 is 2.76 bits per heavy atom. The average molecular weight is 284 g/mol. The number of methoxy groups -OCH3 is 1. The zero-order chi connectivity index (χ0) is 14.8. The van der Waals surface area contributed by atoms with Crippen molar-refractivity contribution in [2.24, 2.45) is 17.3 Å². The molecule has 2 aliphatic carbocycles. The third-order valence-corrected chi connectivity index (χ3v) is 5.35. The molecule has 0 radical (unpaired) electrons. The van der Waals surface area contributed by atoms with Gasteiger partial charge in [0.25, 0.3) is 0 Å². The summed E-state index contributed by atoms with van der Waals surface area (Å²) in [5.41, 5.74) is 0.327. The Bertz CT molecular complexity index is 690. The number of hydrogen-bond acceptors (Lipinski definition) is 4. The van der Waals surface area contributed by atoms with Crippen LogP contribution < -0.4 is 4.74 Å². The van der Waals surface area contributed by atoms with E-state index in [2.05, 4.69) is 0 Å². The van der Waals surface area contributed by atoms with Crippen LogP contribution in [0.2, 0.25) is 0 Å². The second-order valence-corrected chi connectivity index (χ2v) is 6.19. The smallest absolute Gasteiger partial charge is 0.204 e. The highest BCUT2D eigenvalue weighted by Crippen LogP contribution is 2.66. The molecule has 1 heterocycles. The molecule has 1 saturated carbocycles. The van der Waals surface area contributed by atoms with Crippen LogP contribution >= 0.6 is 0 Å². The largest absolute Gasteiger partial charge is 0.493 e. The number of allylic oxidation sites excluding steroid dienone is 2. The van der Waals surface area contributed by atoms with Crippen LogP contribution in [-0.2, 0) is 14.3 Å². The number of ketones is 2. The SMILES string of the molecule is COC1=CC(=O)C2C3COc4ccccc4C3[C@@]2(C)C1=O. The van der Waals surface area contributed by atoms with Gasteiger partial charge in [0.2, 0.25) is 5.78 Å². The highest BCUT2D eigenvalue weighted by Gasteiger charge is 2.69. The van der Waals surface area contributed by atoms with Gasteiger partial charge in [-0.1, -0.05) is 25.1 Å². The van der Waals surface area contributed by atoms with Crippen molar-refractivity contribution in [3.05, 3.63) is 41.7 Å². The summed E-state index contributed by atoms with van der Waals surface area (Å²) in [5, 5.41) is 0. The van der Waals surface area contributed by atoms with Crippen LogP contribution in [0.25, 0.3) is 0 Å². The molecule has 0 N–H and O–H groups in total. The molecule has 0 amide bonds. The Morgan fingerprint density at radius 1 is 1.24 bits per heavy atom. The lowest BCUT2D eigenvalue weighted by atomic mass is 9.41. The van der Waals surface area contributed by atoms with Crippen molar-refractivity contribution < 1.29 is 19.1 Å². The van der Waals surface area contributed by atoms with Crippen LogP contribution in [0.3, 0.4) is 0 Å². The van der Waals surface area contributed by atoms with Gasteiger partial charge in [0.05, 0.1) is 19.1 Å². The first kappa shape index (κ1) is 12.6. The van der Waals surface area contributed by atoms with Crippen LogP contribution in [0, 0.1) is 17.3 Å². The van der Waals surface area contributed by atoms with Gasteiger partial charge in [-0.25, -0.2) is 0 Å². The van der Waals surface area contributed by atoms with Gasteiger partial charge in [-0.2, -0.15) is 0 Å². The summed E-state index contributed by atoms with van der Waals surface area (Å²) in [6, 6.07) is 7.79. The maximum atomic E-state index is 12.8. The minimum absolute atomic E-state index is 0.0156. The summed E-state index contributed by atoms with van der Waals surface area (Å²) in [7, 11) is 1.44. The number of benzene rings is 1. The van der Waals surface area contributed by atoms with E-state index in [4.69, 9.17) is 9.47 Å². The molecule has 1 aromatic rings. The molecule has 21 heavy (non-hydrogen) atoms. The lowest BCUT2D eigenvalue weighted by Crippen LogP contribution is -2.65. The topological polar surface area (TPSA) is 52.6 Å². The monoisotopic (exact) mass is 284 g/mol. The van der Waals surface area contributed by atoms with E-state index in [9.17, 15) is 9.59 Å². The van der Waals surface area contributed by atoms with Crippen LogP contribution in [0.1, 0.15) is 18.4 Å². The second-order valence-electron chi connectivity index (χ2n) is 6.19. The first-order valence-electron chi connectivity index (χ1n) is 7.15. The van der Waals surface area contributed by atoms with Crippen molar-refractivity contribution in [1.82, 2.24) is 0 Å². The normalized spacial score (nSPS) is 36.5. The number of fused-ring (bicyclic) bond motifs is 6. The third kappa shape index (κ3) is 1.35. The van der Waals surface area contributed by atoms with Crippen LogP contribution in [0.5, 0.6) is 5.75 Å². The van der Waals surface area contributed by atoms with Crippen molar-refractivity contribution in [3.8, 4) is 5.75 Å². The molecular weight excluding hydrogens is 268 g/mol. The van der Waals surface area contributed by atoms with Crippen molar-refractivity contribution in [2.45, 2.75) is 12.8 Å². The van der Waals surface area contributed by atoms with E-state index >= 15 is 0 Å². The fourth-order valence-electron chi connectivity index (χ4n) is 4.45. The van der Waals surface area contributed by atoms with Gasteiger partial charge in [0, 0.05) is 23.8 Å². The maximum Gasteiger partial charge on any atom is 0.204 e. The first-order chi connectivity index (χ1) is 10.1. The van der Waals surface area contributed by atoms with E-state index in [1.165, 1.54) is 13.2 Å².